The lowest BCUT2D eigenvalue weighted by Gasteiger charge is -2.25. The van der Waals surface area contributed by atoms with Gasteiger partial charge in [-0.3, -0.25) is 4.72 Å². The molecule has 6 nitrogen and oxygen atoms in total. The first-order valence-electron chi connectivity index (χ1n) is 9.27. The van der Waals surface area contributed by atoms with Crippen LogP contribution in [0, 0.1) is 6.92 Å². The summed E-state index contributed by atoms with van der Waals surface area (Å²) in [5.74, 6) is 0.576. The van der Waals surface area contributed by atoms with Crippen molar-refractivity contribution in [2.75, 3.05) is 24.9 Å². The molecule has 0 aliphatic carbocycles. The molecule has 0 aromatic heterocycles. The third-order valence-corrected chi connectivity index (χ3v) is 6.25. The van der Waals surface area contributed by atoms with Crippen LogP contribution in [0.5, 0.6) is 11.5 Å². The van der Waals surface area contributed by atoms with Gasteiger partial charge >= 0.3 is 6.61 Å². The summed E-state index contributed by atoms with van der Waals surface area (Å²) >= 11 is 0. The monoisotopic (exact) mass is 462 g/mol. The van der Waals surface area contributed by atoms with E-state index < -0.39 is 16.6 Å². The van der Waals surface area contributed by atoms with E-state index >= 15 is 0 Å². The molecule has 1 saturated heterocycles. The van der Waals surface area contributed by atoms with Gasteiger partial charge in [0, 0.05) is 0 Å². The van der Waals surface area contributed by atoms with Gasteiger partial charge in [-0.05, 0) is 80.2 Å². The maximum absolute atomic E-state index is 13.0. The highest BCUT2D eigenvalue weighted by Gasteiger charge is 2.24. The number of anilines is 1. The predicted octanol–water partition coefficient (Wildman–Crippen LogP) is 4.29. The van der Waals surface area contributed by atoms with Crippen LogP contribution in [0.3, 0.4) is 0 Å². The van der Waals surface area contributed by atoms with Crippen LogP contribution in [-0.2, 0) is 10.0 Å². The predicted molar refractivity (Wildman–Crippen MR) is 114 cm³/mol. The Bertz CT molecular complexity index is 967. The van der Waals surface area contributed by atoms with E-state index in [0.29, 0.717) is 11.3 Å². The normalized spacial score (nSPS) is 14.8. The van der Waals surface area contributed by atoms with Crippen LogP contribution >= 0.6 is 12.4 Å². The Hall–Kier alpha value is -2.10. The van der Waals surface area contributed by atoms with Crippen molar-refractivity contribution in [3.05, 3.63) is 47.5 Å². The van der Waals surface area contributed by atoms with Crippen LogP contribution in [-0.4, -0.2) is 35.2 Å². The Morgan fingerprint density at radius 2 is 1.77 bits per heavy atom. The SMILES string of the molecule is COc1ccc(S(=O)(=O)Nc2cc(C)ccc2OC(F)F)cc1C1CCNCC1.Cl. The van der Waals surface area contributed by atoms with Gasteiger partial charge in [-0.2, -0.15) is 8.78 Å². The third kappa shape index (κ3) is 5.74. The third-order valence-electron chi connectivity index (χ3n) is 4.89. The smallest absolute Gasteiger partial charge is 0.387 e. The number of hydrogen-bond acceptors (Lipinski definition) is 5. The van der Waals surface area contributed by atoms with E-state index in [1.165, 1.54) is 18.2 Å². The fourth-order valence-electron chi connectivity index (χ4n) is 3.46. The zero-order valence-corrected chi connectivity index (χ0v) is 18.3. The van der Waals surface area contributed by atoms with Crippen LogP contribution in [0.25, 0.3) is 0 Å². The van der Waals surface area contributed by atoms with Crippen LogP contribution in [0.4, 0.5) is 14.5 Å². The molecular formula is C20H25ClF2N2O4S. The second kappa shape index (κ2) is 10.3. The number of alkyl halides is 2. The summed E-state index contributed by atoms with van der Waals surface area (Å²) in [7, 11) is -2.47. The molecule has 1 aliphatic heterocycles. The van der Waals surface area contributed by atoms with E-state index in [1.807, 2.05) is 0 Å². The van der Waals surface area contributed by atoms with Crippen molar-refractivity contribution in [1.29, 1.82) is 0 Å². The number of nitrogens with one attached hydrogen (secondary N) is 2. The number of benzene rings is 2. The Morgan fingerprint density at radius 3 is 2.40 bits per heavy atom. The highest BCUT2D eigenvalue weighted by atomic mass is 35.5. The van der Waals surface area contributed by atoms with Crippen LogP contribution in [0.15, 0.2) is 41.3 Å². The minimum Gasteiger partial charge on any atom is -0.496 e. The molecule has 0 amide bonds. The molecule has 0 unspecified atom stereocenters. The number of sulfonamides is 1. The van der Waals surface area contributed by atoms with Crippen molar-refractivity contribution in [2.24, 2.45) is 0 Å². The van der Waals surface area contributed by atoms with Gasteiger partial charge < -0.3 is 14.8 Å². The van der Waals surface area contributed by atoms with E-state index in [0.717, 1.165) is 31.5 Å². The lowest BCUT2D eigenvalue weighted by atomic mass is 9.89. The maximum atomic E-state index is 13.0. The summed E-state index contributed by atoms with van der Waals surface area (Å²) in [6.07, 6.45) is 1.75. The van der Waals surface area contributed by atoms with Gasteiger partial charge in [0.15, 0.2) is 0 Å². The number of halogens is 3. The number of hydrogen-bond donors (Lipinski definition) is 2. The molecule has 10 heteroatoms. The molecular weight excluding hydrogens is 438 g/mol. The zero-order chi connectivity index (χ0) is 21.0. The maximum Gasteiger partial charge on any atom is 0.387 e. The van der Waals surface area contributed by atoms with Gasteiger partial charge in [0.05, 0.1) is 17.7 Å². The minimum atomic E-state index is -4.02. The van der Waals surface area contributed by atoms with Crippen molar-refractivity contribution in [2.45, 2.75) is 37.2 Å². The van der Waals surface area contributed by atoms with E-state index in [9.17, 15) is 17.2 Å². The quantitative estimate of drug-likeness (QED) is 0.641. The summed E-state index contributed by atoms with van der Waals surface area (Å²) < 4.78 is 63.6. The summed E-state index contributed by atoms with van der Waals surface area (Å²) in [4.78, 5) is 0.0383. The average molecular weight is 463 g/mol. The first kappa shape index (κ1) is 24.2. The molecule has 0 radical (unpaired) electrons. The molecule has 0 bridgehead atoms. The van der Waals surface area contributed by atoms with Crippen LogP contribution in [0.2, 0.25) is 0 Å². The lowest BCUT2D eigenvalue weighted by Crippen LogP contribution is -2.27. The molecule has 2 aromatic rings. The van der Waals surface area contributed by atoms with E-state index in [2.05, 4.69) is 14.8 Å². The largest absolute Gasteiger partial charge is 0.496 e. The van der Waals surface area contributed by atoms with Gasteiger partial charge in [-0.25, -0.2) is 8.42 Å². The van der Waals surface area contributed by atoms with Gasteiger partial charge in [0.1, 0.15) is 11.5 Å². The van der Waals surface area contributed by atoms with Gasteiger partial charge in [-0.1, -0.05) is 6.07 Å². The van der Waals surface area contributed by atoms with Crippen LogP contribution < -0.4 is 19.5 Å². The number of methoxy groups -OCH3 is 1. The van der Waals surface area contributed by atoms with Gasteiger partial charge in [-0.15, -0.1) is 12.4 Å². The van der Waals surface area contributed by atoms with Gasteiger partial charge in [0.25, 0.3) is 10.0 Å². The molecule has 0 spiro atoms. The second-order valence-corrected chi connectivity index (χ2v) is 8.59. The molecule has 0 saturated carbocycles. The standard InChI is InChI=1S/C20H24F2N2O4S.ClH/c1-13-3-5-19(28-20(21)22)17(11-13)24-29(25,26)15-4-6-18(27-2)16(12-15)14-7-9-23-10-8-14;/h3-6,11-12,14,20,23-24H,7-10H2,1-2H3;1H. The molecule has 166 valence electrons. The highest BCUT2D eigenvalue weighted by molar-refractivity contribution is 7.92. The van der Waals surface area contributed by atoms with E-state index in [1.54, 1.807) is 32.2 Å². The molecule has 1 aliphatic rings. The Kier molecular flexibility index (Phi) is 8.28. The van der Waals surface area contributed by atoms with E-state index in [-0.39, 0.29) is 34.7 Å². The Balaban J connectivity index is 0.00000320. The summed E-state index contributed by atoms with van der Waals surface area (Å²) in [6.45, 7) is 0.363. The fraction of sp³-hybridized carbons (Fsp3) is 0.400. The average Bonchev–Trinajstić information content (AvgIpc) is 2.69. The topological polar surface area (TPSA) is 76.7 Å². The first-order valence-corrected chi connectivity index (χ1v) is 10.8. The highest BCUT2D eigenvalue weighted by Crippen LogP contribution is 2.35. The fourth-order valence-corrected chi connectivity index (χ4v) is 4.55. The van der Waals surface area contributed by atoms with Crippen molar-refractivity contribution >= 4 is 28.1 Å². The van der Waals surface area contributed by atoms with E-state index in [4.69, 9.17) is 4.74 Å². The second-order valence-electron chi connectivity index (χ2n) is 6.91. The molecule has 1 fully saturated rings. The molecule has 30 heavy (non-hydrogen) atoms. The molecule has 0 atom stereocenters. The lowest BCUT2D eigenvalue weighted by molar-refractivity contribution is -0.0493. The summed E-state index contributed by atoms with van der Waals surface area (Å²) in [5, 5.41) is 3.28. The minimum absolute atomic E-state index is 0. The van der Waals surface area contributed by atoms with Crippen molar-refractivity contribution in [3.63, 3.8) is 0 Å². The molecule has 2 aromatic carbocycles. The Labute approximate surface area is 181 Å². The van der Waals surface area contributed by atoms with Crippen molar-refractivity contribution < 1.29 is 26.7 Å². The van der Waals surface area contributed by atoms with Crippen molar-refractivity contribution in [3.8, 4) is 11.5 Å². The van der Waals surface area contributed by atoms with Crippen molar-refractivity contribution in [1.82, 2.24) is 5.32 Å². The van der Waals surface area contributed by atoms with Crippen LogP contribution in [0.1, 0.15) is 29.9 Å². The number of ether oxygens (including phenoxy) is 2. The molecule has 2 N–H and O–H groups in total. The zero-order valence-electron chi connectivity index (χ0n) is 16.7. The summed E-state index contributed by atoms with van der Waals surface area (Å²) in [5.41, 5.74) is 1.49. The molecule has 3 rings (SSSR count). The number of aryl methyl sites for hydroxylation is 1. The Morgan fingerprint density at radius 1 is 1.10 bits per heavy atom. The number of piperidine rings is 1. The first-order chi connectivity index (χ1) is 13.8. The number of rotatable bonds is 7. The summed E-state index contributed by atoms with van der Waals surface area (Å²) in [6, 6.07) is 8.99. The van der Waals surface area contributed by atoms with Gasteiger partial charge in [0.2, 0.25) is 0 Å². The molecule has 1 heterocycles.